The number of nitrogens with one attached hydrogen (secondary N) is 2. The molecule has 2 atom stereocenters. The van der Waals surface area contributed by atoms with Crippen LogP contribution in [0.5, 0.6) is 0 Å². The fourth-order valence-corrected chi connectivity index (χ4v) is 4.49. The first-order valence-corrected chi connectivity index (χ1v) is 9.42. The molecule has 4 rings (SSSR count). The minimum Gasteiger partial charge on any atom is -0.361 e. The predicted octanol–water partition coefficient (Wildman–Crippen LogP) is 3.40. The number of carbonyl (C=O) groups is 1. The van der Waals surface area contributed by atoms with E-state index in [1.807, 2.05) is 12.3 Å². The zero-order valence-corrected chi connectivity index (χ0v) is 14.7. The van der Waals surface area contributed by atoms with Gasteiger partial charge in [0.25, 0.3) is 0 Å². The number of aromatic nitrogens is 1. The van der Waals surface area contributed by atoms with Crippen LogP contribution in [0.1, 0.15) is 44.1 Å². The summed E-state index contributed by atoms with van der Waals surface area (Å²) < 4.78 is 13.4. The molecule has 0 aliphatic carbocycles. The summed E-state index contributed by atoms with van der Waals surface area (Å²) in [5.41, 5.74) is 2.12. The maximum absolute atomic E-state index is 13.4. The molecule has 1 aromatic heterocycles. The average molecular weight is 343 g/mol. The summed E-state index contributed by atoms with van der Waals surface area (Å²) in [6.45, 7) is 4.79. The predicted molar refractivity (Wildman–Crippen MR) is 97.0 cm³/mol. The number of carbonyl (C=O) groups excluding carboxylic acids is 1. The lowest BCUT2D eigenvalue weighted by molar-refractivity contribution is -0.138. The number of aromatic amines is 1. The highest BCUT2D eigenvalue weighted by Gasteiger charge is 2.33. The number of rotatable bonds is 2. The Morgan fingerprint density at radius 1 is 1.24 bits per heavy atom. The Bertz CT molecular complexity index is 763. The van der Waals surface area contributed by atoms with Gasteiger partial charge in [-0.25, -0.2) is 4.39 Å². The van der Waals surface area contributed by atoms with Crippen LogP contribution in [0.25, 0.3) is 10.9 Å². The Kier molecular flexibility index (Phi) is 4.50. The molecule has 2 N–H and O–H groups in total. The van der Waals surface area contributed by atoms with E-state index in [2.05, 4.69) is 22.1 Å². The van der Waals surface area contributed by atoms with Crippen molar-refractivity contribution in [2.24, 2.45) is 5.92 Å². The molecule has 134 valence electrons. The van der Waals surface area contributed by atoms with Crippen LogP contribution in [0.4, 0.5) is 4.39 Å². The van der Waals surface area contributed by atoms with Crippen LogP contribution in [-0.2, 0) is 4.79 Å². The van der Waals surface area contributed by atoms with Crippen molar-refractivity contribution in [3.8, 4) is 0 Å². The quantitative estimate of drug-likeness (QED) is 0.878. The van der Waals surface area contributed by atoms with Gasteiger partial charge in [0.15, 0.2) is 0 Å². The minimum atomic E-state index is -0.212. The number of hydrogen-bond donors (Lipinski definition) is 2. The van der Waals surface area contributed by atoms with Gasteiger partial charge in [0, 0.05) is 36.2 Å². The second-order valence-corrected chi connectivity index (χ2v) is 7.53. The molecule has 0 saturated carbocycles. The second kappa shape index (κ2) is 6.79. The maximum atomic E-state index is 13.4. The number of nitrogens with zero attached hydrogens (tertiary/aromatic N) is 1. The molecular formula is C20H26FN3O. The standard InChI is InChI=1S/C20H26FN3O/c1-13-16(3-2-8-22-13)20(25)24-9-6-14(7-10-24)18-12-23-19-11-15(21)4-5-17(18)19/h4-5,11-14,16,22-23H,2-3,6-10H2,1H3/t13-,16-/m1/s1. The van der Waals surface area contributed by atoms with Crippen LogP contribution in [0.2, 0.25) is 0 Å². The molecule has 0 radical (unpaired) electrons. The van der Waals surface area contributed by atoms with E-state index >= 15 is 0 Å². The molecule has 2 fully saturated rings. The number of hydrogen-bond acceptors (Lipinski definition) is 2. The van der Waals surface area contributed by atoms with Gasteiger partial charge in [-0.1, -0.05) is 0 Å². The van der Waals surface area contributed by atoms with E-state index in [1.165, 1.54) is 11.6 Å². The molecule has 1 aromatic carbocycles. The second-order valence-electron chi connectivity index (χ2n) is 7.53. The molecule has 0 spiro atoms. The van der Waals surface area contributed by atoms with E-state index < -0.39 is 0 Å². The summed E-state index contributed by atoms with van der Waals surface area (Å²) in [4.78, 5) is 18.1. The molecular weight excluding hydrogens is 317 g/mol. The van der Waals surface area contributed by atoms with Crippen LogP contribution in [-0.4, -0.2) is 41.5 Å². The number of halogens is 1. The van der Waals surface area contributed by atoms with Crippen LogP contribution in [0.3, 0.4) is 0 Å². The van der Waals surface area contributed by atoms with Crippen LogP contribution >= 0.6 is 0 Å². The van der Waals surface area contributed by atoms with E-state index in [0.29, 0.717) is 11.8 Å². The Hall–Kier alpha value is -1.88. The van der Waals surface area contributed by atoms with Gasteiger partial charge in [-0.3, -0.25) is 4.79 Å². The first-order chi connectivity index (χ1) is 12.1. The van der Waals surface area contributed by atoms with E-state index in [0.717, 1.165) is 56.2 Å². The number of amides is 1. The van der Waals surface area contributed by atoms with Crippen molar-refractivity contribution in [3.05, 3.63) is 35.8 Å². The fourth-order valence-electron chi connectivity index (χ4n) is 4.49. The summed E-state index contributed by atoms with van der Waals surface area (Å²) in [6.07, 6.45) is 6.05. The van der Waals surface area contributed by atoms with Crippen LogP contribution in [0, 0.1) is 11.7 Å². The summed E-state index contributed by atoms with van der Waals surface area (Å²) in [5, 5.41) is 4.53. The van der Waals surface area contributed by atoms with E-state index in [9.17, 15) is 9.18 Å². The van der Waals surface area contributed by atoms with E-state index in [4.69, 9.17) is 0 Å². The number of piperidine rings is 2. The number of benzene rings is 1. The highest BCUT2D eigenvalue weighted by Crippen LogP contribution is 2.34. The molecule has 0 bridgehead atoms. The lowest BCUT2D eigenvalue weighted by atomic mass is 9.86. The first-order valence-electron chi connectivity index (χ1n) is 9.42. The Morgan fingerprint density at radius 2 is 2.04 bits per heavy atom. The van der Waals surface area contributed by atoms with Crippen molar-refractivity contribution in [1.82, 2.24) is 15.2 Å². The first kappa shape index (κ1) is 16.6. The zero-order valence-electron chi connectivity index (χ0n) is 14.7. The van der Waals surface area contributed by atoms with Gasteiger partial charge in [0.2, 0.25) is 5.91 Å². The van der Waals surface area contributed by atoms with E-state index in [-0.39, 0.29) is 17.8 Å². The highest BCUT2D eigenvalue weighted by atomic mass is 19.1. The third-order valence-electron chi connectivity index (χ3n) is 6.00. The summed E-state index contributed by atoms with van der Waals surface area (Å²) >= 11 is 0. The Balaban J connectivity index is 1.43. The average Bonchev–Trinajstić information content (AvgIpc) is 3.04. The Morgan fingerprint density at radius 3 is 2.80 bits per heavy atom. The lowest BCUT2D eigenvalue weighted by Crippen LogP contribution is -2.49. The fraction of sp³-hybridized carbons (Fsp3) is 0.550. The number of likely N-dealkylation sites (tertiary alicyclic amines) is 1. The third kappa shape index (κ3) is 3.17. The normalized spacial score (nSPS) is 25.4. The van der Waals surface area contributed by atoms with E-state index in [1.54, 1.807) is 6.07 Å². The summed E-state index contributed by atoms with van der Waals surface area (Å²) in [7, 11) is 0. The zero-order chi connectivity index (χ0) is 17.4. The monoisotopic (exact) mass is 343 g/mol. The molecule has 25 heavy (non-hydrogen) atoms. The maximum Gasteiger partial charge on any atom is 0.227 e. The summed E-state index contributed by atoms with van der Waals surface area (Å²) in [5.74, 6) is 0.669. The molecule has 1 amide bonds. The molecule has 3 heterocycles. The lowest BCUT2D eigenvalue weighted by Gasteiger charge is -2.37. The number of H-pyrrole nitrogens is 1. The van der Waals surface area contributed by atoms with Crippen molar-refractivity contribution >= 4 is 16.8 Å². The SMILES string of the molecule is C[C@H]1NCCC[C@H]1C(=O)N1CCC(c2c[nH]c3cc(F)ccc23)CC1. The molecule has 2 aliphatic rings. The topological polar surface area (TPSA) is 48.1 Å². The van der Waals surface area contributed by atoms with Crippen molar-refractivity contribution in [2.45, 2.75) is 44.6 Å². The van der Waals surface area contributed by atoms with Crippen molar-refractivity contribution in [3.63, 3.8) is 0 Å². The highest BCUT2D eigenvalue weighted by molar-refractivity contribution is 5.84. The van der Waals surface area contributed by atoms with Crippen molar-refractivity contribution in [1.29, 1.82) is 0 Å². The van der Waals surface area contributed by atoms with Crippen molar-refractivity contribution in [2.75, 3.05) is 19.6 Å². The van der Waals surface area contributed by atoms with Gasteiger partial charge in [-0.05, 0) is 68.8 Å². The van der Waals surface area contributed by atoms with Gasteiger partial charge in [0.05, 0.1) is 5.92 Å². The van der Waals surface area contributed by atoms with Gasteiger partial charge < -0.3 is 15.2 Å². The largest absolute Gasteiger partial charge is 0.361 e. The smallest absolute Gasteiger partial charge is 0.227 e. The van der Waals surface area contributed by atoms with Gasteiger partial charge >= 0.3 is 0 Å². The Labute approximate surface area is 147 Å². The molecule has 2 saturated heterocycles. The summed E-state index contributed by atoms with van der Waals surface area (Å²) in [6, 6.07) is 5.22. The molecule has 4 nitrogen and oxygen atoms in total. The molecule has 2 aromatic rings. The molecule has 5 heteroatoms. The molecule has 0 unspecified atom stereocenters. The van der Waals surface area contributed by atoms with Gasteiger partial charge in [-0.2, -0.15) is 0 Å². The number of fused-ring (bicyclic) bond motifs is 1. The van der Waals surface area contributed by atoms with Crippen LogP contribution < -0.4 is 5.32 Å². The minimum absolute atomic E-state index is 0.126. The van der Waals surface area contributed by atoms with Crippen LogP contribution in [0.15, 0.2) is 24.4 Å². The van der Waals surface area contributed by atoms with Crippen molar-refractivity contribution < 1.29 is 9.18 Å². The van der Waals surface area contributed by atoms with Gasteiger partial charge in [-0.15, -0.1) is 0 Å². The van der Waals surface area contributed by atoms with Gasteiger partial charge in [0.1, 0.15) is 5.82 Å². The third-order valence-corrected chi connectivity index (χ3v) is 6.00. The molecule has 2 aliphatic heterocycles.